The maximum absolute atomic E-state index is 8.86. The smallest absolute Gasteiger partial charge is 0.135 e. The normalized spacial score (nSPS) is 9.80. The Bertz CT molecular complexity index is 239. The highest BCUT2D eigenvalue weighted by atomic mass is 79.9. The van der Waals surface area contributed by atoms with Gasteiger partial charge in [-0.3, -0.25) is 4.98 Å². The molecule has 0 atom stereocenters. The summed E-state index contributed by atoms with van der Waals surface area (Å²) in [6.07, 6.45) is 1.29. The summed E-state index contributed by atoms with van der Waals surface area (Å²) in [5, 5.41) is 17.5. The summed E-state index contributed by atoms with van der Waals surface area (Å²) < 4.78 is 0.620. The molecule has 0 saturated carbocycles. The molecule has 0 spiro atoms. The molecule has 3 nitrogen and oxygen atoms in total. The lowest BCUT2D eigenvalue weighted by Crippen LogP contribution is -1.88. The van der Waals surface area contributed by atoms with E-state index in [2.05, 4.69) is 20.9 Å². The fourth-order valence-corrected chi connectivity index (χ4v) is 1.03. The van der Waals surface area contributed by atoms with Gasteiger partial charge >= 0.3 is 0 Å². The van der Waals surface area contributed by atoms with Crippen molar-refractivity contribution in [1.29, 1.82) is 0 Å². The molecule has 0 aliphatic rings. The maximum atomic E-state index is 8.86. The first-order valence-electron chi connectivity index (χ1n) is 2.68. The molecule has 2 N–H and O–H groups in total. The zero-order chi connectivity index (χ0) is 7.56. The molecule has 1 heterocycles. The molecule has 1 aromatic rings. The summed E-state index contributed by atoms with van der Waals surface area (Å²) in [5.74, 6) is 0.0871. The van der Waals surface area contributed by atoms with Crippen molar-refractivity contribution in [3.8, 4) is 5.75 Å². The predicted molar refractivity (Wildman–Crippen MR) is 39.5 cm³/mol. The van der Waals surface area contributed by atoms with Crippen molar-refractivity contribution in [3.05, 3.63) is 22.4 Å². The van der Waals surface area contributed by atoms with Gasteiger partial charge in [0.25, 0.3) is 0 Å². The zero-order valence-electron chi connectivity index (χ0n) is 5.08. The zero-order valence-corrected chi connectivity index (χ0v) is 6.67. The number of pyridine rings is 1. The highest BCUT2D eigenvalue weighted by molar-refractivity contribution is 9.10. The van der Waals surface area contributed by atoms with E-state index in [1.807, 2.05) is 0 Å². The number of aliphatic hydroxyl groups excluding tert-OH is 1. The van der Waals surface area contributed by atoms with Gasteiger partial charge in [-0.15, -0.1) is 0 Å². The predicted octanol–water partition coefficient (Wildman–Crippen LogP) is 1.04. The average Bonchev–Trinajstić information content (AvgIpc) is 1.88. The Balaban J connectivity index is 3.07. The molecule has 1 aromatic heterocycles. The summed E-state index contributed by atoms with van der Waals surface area (Å²) in [7, 11) is 0. The second-order valence-corrected chi connectivity index (χ2v) is 2.63. The van der Waals surface area contributed by atoms with E-state index >= 15 is 0 Å². The Hall–Kier alpha value is -0.610. The van der Waals surface area contributed by atoms with Crippen LogP contribution < -0.4 is 0 Å². The second-order valence-electron chi connectivity index (χ2n) is 1.78. The van der Waals surface area contributed by atoms with Crippen LogP contribution in [0, 0.1) is 0 Å². The molecule has 4 heteroatoms. The molecule has 0 unspecified atom stereocenters. The Morgan fingerprint density at radius 2 is 2.30 bits per heavy atom. The highest BCUT2D eigenvalue weighted by Gasteiger charge is 1.99. The van der Waals surface area contributed by atoms with Crippen LogP contribution in [-0.4, -0.2) is 15.2 Å². The van der Waals surface area contributed by atoms with E-state index in [1.165, 1.54) is 12.3 Å². The van der Waals surface area contributed by atoms with Crippen LogP contribution in [0.25, 0.3) is 0 Å². The summed E-state index contributed by atoms with van der Waals surface area (Å²) in [6, 6.07) is 1.48. The summed E-state index contributed by atoms with van der Waals surface area (Å²) in [6.45, 7) is -0.124. The molecule has 0 aliphatic carbocycles. The Morgan fingerprint density at radius 3 is 2.80 bits per heavy atom. The number of aromatic nitrogens is 1. The number of rotatable bonds is 1. The molecular weight excluding hydrogens is 198 g/mol. The minimum Gasteiger partial charge on any atom is -0.506 e. The van der Waals surface area contributed by atoms with Gasteiger partial charge in [0.05, 0.1) is 18.5 Å². The number of nitrogens with zero attached hydrogens (tertiary/aromatic N) is 1. The van der Waals surface area contributed by atoms with E-state index in [1.54, 1.807) is 0 Å². The van der Waals surface area contributed by atoms with E-state index in [-0.39, 0.29) is 12.4 Å². The van der Waals surface area contributed by atoms with Gasteiger partial charge in [-0.2, -0.15) is 0 Å². The Morgan fingerprint density at radius 1 is 1.60 bits per heavy atom. The van der Waals surface area contributed by atoms with Gasteiger partial charge in [0.15, 0.2) is 0 Å². The third-order valence-corrected chi connectivity index (χ3v) is 1.74. The van der Waals surface area contributed by atoms with Crippen molar-refractivity contribution >= 4 is 15.9 Å². The van der Waals surface area contributed by atoms with Crippen LogP contribution in [0.2, 0.25) is 0 Å². The van der Waals surface area contributed by atoms with E-state index < -0.39 is 0 Å². The third kappa shape index (κ3) is 1.46. The first-order chi connectivity index (χ1) is 4.74. The molecule has 0 saturated heterocycles. The summed E-state index contributed by atoms with van der Waals surface area (Å²) >= 11 is 3.12. The van der Waals surface area contributed by atoms with Crippen LogP contribution in [-0.2, 0) is 6.61 Å². The van der Waals surface area contributed by atoms with Crippen molar-refractivity contribution in [1.82, 2.24) is 4.98 Å². The van der Waals surface area contributed by atoms with Crippen molar-refractivity contribution in [2.24, 2.45) is 0 Å². The van der Waals surface area contributed by atoms with E-state index in [0.29, 0.717) is 10.2 Å². The number of hydrogen-bond donors (Lipinski definition) is 2. The van der Waals surface area contributed by atoms with Crippen LogP contribution >= 0.6 is 15.9 Å². The van der Waals surface area contributed by atoms with Gasteiger partial charge < -0.3 is 10.2 Å². The van der Waals surface area contributed by atoms with Crippen LogP contribution in [0.1, 0.15) is 5.69 Å². The standard InChI is InChI=1S/C6H6BrNO2/c7-5-1-4(10)2-8-6(5)3-9/h1-2,9-10H,3H2. The lowest BCUT2D eigenvalue weighted by atomic mass is 10.3. The maximum Gasteiger partial charge on any atom is 0.135 e. The minimum absolute atomic E-state index is 0.0871. The van der Waals surface area contributed by atoms with E-state index in [9.17, 15) is 0 Å². The van der Waals surface area contributed by atoms with Crippen molar-refractivity contribution in [2.75, 3.05) is 0 Å². The second kappa shape index (κ2) is 2.98. The van der Waals surface area contributed by atoms with E-state index in [4.69, 9.17) is 10.2 Å². The largest absolute Gasteiger partial charge is 0.506 e. The van der Waals surface area contributed by atoms with E-state index in [0.717, 1.165) is 0 Å². The molecular formula is C6H6BrNO2. The van der Waals surface area contributed by atoms with Crippen molar-refractivity contribution in [3.63, 3.8) is 0 Å². The van der Waals surface area contributed by atoms with Crippen LogP contribution in [0.4, 0.5) is 0 Å². The van der Waals surface area contributed by atoms with Gasteiger partial charge in [-0.25, -0.2) is 0 Å². The number of aliphatic hydroxyl groups is 1. The third-order valence-electron chi connectivity index (χ3n) is 1.05. The fraction of sp³-hybridized carbons (Fsp3) is 0.167. The summed E-state index contributed by atoms with van der Waals surface area (Å²) in [5.41, 5.74) is 0.526. The molecule has 1 rings (SSSR count). The van der Waals surface area contributed by atoms with Gasteiger partial charge in [0.1, 0.15) is 5.75 Å². The molecule has 0 amide bonds. The first-order valence-corrected chi connectivity index (χ1v) is 3.47. The Kier molecular flexibility index (Phi) is 2.24. The lowest BCUT2D eigenvalue weighted by Gasteiger charge is -1.97. The van der Waals surface area contributed by atoms with Gasteiger partial charge in [0.2, 0.25) is 0 Å². The molecule has 54 valence electrons. The quantitative estimate of drug-likeness (QED) is 0.718. The Labute approximate surface area is 66.5 Å². The van der Waals surface area contributed by atoms with Crippen LogP contribution in [0.5, 0.6) is 5.75 Å². The topological polar surface area (TPSA) is 53.4 Å². The van der Waals surface area contributed by atoms with Crippen LogP contribution in [0.3, 0.4) is 0 Å². The van der Waals surface area contributed by atoms with Crippen molar-refractivity contribution in [2.45, 2.75) is 6.61 Å². The molecule has 0 aliphatic heterocycles. The van der Waals surface area contributed by atoms with Gasteiger partial charge in [0, 0.05) is 4.47 Å². The summed E-state index contributed by atoms with van der Waals surface area (Å²) in [4.78, 5) is 3.75. The number of aromatic hydroxyl groups is 1. The number of hydrogen-bond acceptors (Lipinski definition) is 3. The average molecular weight is 204 g/mol. The monoisotopic (exact) mass is 203 g/mol. The van der Waals surface area contributed by atoms with Gasteiger partial charge in [-0.05, 0) is 22.0 Å². The first kappa shape index (κ1) is 7.50. The van der Waals surface area contributed by atoms with Gasteiger partial charge in [-0.1, -0.05) is 0 Å². The molecule has 0 radical (unpaired) electrons. The molecule has 0 fully saturated rings. The molecule has 0 bridgehead atoms. The van der Waals surface area contributed by atoms with Crippen LogP contribution in [0.15, 0.2) is 16.7 Å². The number of halogens is 1. The molecule has 0 aromatic carbocycles. The minimum atomic E-state index is -0.124. The van der Waals surface area contributed by atoms with Crippen molar-refractivity contribution < 1.29 is 10.2 Å². The highest BCUT2D eigenvalue weighted by Crippen LogP contribution is 2.18. The SMILES string of the molecule is OCc1ncc(O)cc1Br. The lowest BCUT2D eigenvalue weighted by molar-refractivity contribution is 0.275. The fourth-order valence-electron chi connectivity index (χ4n) is 0.572. The molecule has 10 heavy (non-hydrogen) atoms.